The molecule has 1 aromatic heterocycles. The molecule has 2 amide bonds. The highest BCUT2D eigenvalue weighted by molar-refractivity contribution is 7.94. The van der Waals surface area contributed by atoms with Gasteiger partial charge in [0.05, 0.1) is 12.2 Å². The van der Waals surface area contributed by atoms with Crippen molar-refractivity contribution in [1.29, 1.82) is 0 Å². The van der Waals surface area contributed by atoms with Crippen LogP contribution in [0.1, 0.15) is 30.4 Å². The first-order valence-corrected chi connectivity index (χ1v) is 14.2. The average molecular weight is 526 g/mol. The maximum Gasteiger partial charge on any atom is 0.313 e. The molecule has 2 aliphatic rings. The molecule has 1 saturated carbocycles. The van der Waals surface area contributed by atoms with Gasteiger partial charge in [0.1, 0.15) is 9.81 Å². The summed E-state index contributed by atoms with van der Waals surface area (Å²) in [6.07, 6.45) is 3.12. The number of sulfonamides is 1. The Bertz CT molecular complexity index is 1370. The Morgan fingerprint density at radius 1 is 1.06 bits per heavy atom. The summed E-state index contributed by atoms with van der Waals surface area (Å²) in [4.78, 5) is 25.2. The maximum atomic E-state index is 13.2. The molecule has 0 spiro atoms. The van der Waals surface area contributed by atoms with Crippen molar-refractivity contribution in [1.82, 2.24) is 5.32 Å². The third kappa shape index (κ3) is 4.76. The quantitative estimate of drug-likeness (QED) is 0.410. The van der Waals surface area contributed by atoms with E-state index in [1.807, 2.05) is 30.3 Å². The van der Waals surface area contributed by atoms with E-state index in [2.05, 4.69) is 10.6 Å². The standard InChI is InChI=1S/C26H27N3O5S2/c30-24(27-17-26(32,20-11-12-20)19-7-2-1-3-8-19)25(31)28-21-13-10-18-6-4-14-29(22(18)16-21)36(33,34)23-9-5-15-35-23/h1-3,5,7-10,13,15-16,20,32H,4,6,11-12,14,17H2,(H,27,30)(H,28,31). The van der Waals surface area contributed by atoms with Crippen LogP contribution in [0.3, 0.4) is 0 Å². The number of nitrogens with zero attached hydrogens (tertiary/aromatic N) is 1. The Morgan fingerprint density at radius 2 is 1.83 bits per heavy atom. The Labute approximate surface area is 214 Å². The number of thiophene rings is 1. The number of carbonyl (C=O) groups is 2. The molecule has 2 aromatic carbocycles. The SMILES string of the molecule is O=C(NCC(O)(c1ccccc1)C1CC1)C(=O)Nc1ccc2c(c1)N(S(=O)(=O)c1cccs1)CCC2. The van der Waals surface area contributed by atoms with Gasteiger partial charge in [0, 0.05) is 12.2 Å². The fourth-order valence-corrected chi connectivity index (χ4v) is 7.28. The monoisotopic (exact) mass is 525 g/mol. The Kier molecular flexibility index (Phi) is 6.59. The molecule has 2 heterocycles. The molecule has 36 heavy (non-hydrogen) atoms. The summed E-state index contributed by atoms with van der Waals surface area (Å²) in [5.74, 6) is -1.73. The molecule has 5 rings (SSSR count). The summed E-state index contributed by atoms with van der Waals surface area (Å²) >= 11 is 1.16. The van der Waals surface area contributed by atoms with Gasteiger partial charge >= 0.3 is 11.8 Å². The minimum atomic E-state index is -3.72. The summed E-state index contributed by atoms with van der Waals surface area (Å²) < 4.78 is 28.0. The van der Waals surface area contributed by atoms with Crippen LogP contribution in [0.15, 0.2) is 70.3 Å². The summed E-state index contributed by atoms with van der Waals surface area (Å²) in [6.45, 7) is 0.259. The van der Waals surface area contributed by atoms with E-state index < -0.39 is 27.4 Å². The van der Waals surface area contributed by atoms with E-state index in [1.165, 1.54) is 4.31 Å². The lowest BCUT2D eigenvalue weighted by molar-refractivity contribution is -0.137. The number of anilines is 2. The number of carbonyl (C=O) groups excluding carboxylic acids is 2. The first-order valence-electron chi connectivity index (χ1n) is 11.9. The van der Waals surface area contributed by atoms with Gasteiger partial charge in [-0.2, -0.15) is 0 Å². The fraction of sp³-hybridized carbons (Fsp3) is 0.308. The van der Waals surface area contributed by atoms with Gasteiger partial charge in [0.2, 0.25) is 0 Å². The zero-order valence-corrected chi connectivity index (χ0v) is 21.1. The van der Waals surface area contributed by atoms with Crippen molar-refractivity contribution < 1.29 is 23.1 Å². The number of hydrogen-bond donors (Lipinski definition) is 3. The maximum absolute atomic E-state index is 13.2. The lowest BCUT2D eigenvalue weighted by Crippen LogP contribution is -2.45. The number of nitrogens with one attached hydrogen (secondary N) is 2. The highest BCUT2D eigenvalue weighted by Gasteiger charge is 2.45. The van der Waals surface area contributed by atoms with Gasteiger partial charge in [-0.25, -0.2) is 8.42 Å². The number of benzene rings is 2. The van der Waals surface area contributed by atoms with Crippen LogP contribution < -0.4 is 14.9 Å². The lowest BCUT2D eigenvalue weighted by Gasteiger charge is -2.30. The third-order valence-electron chi connectivity index (χ3n) is 6.71. The molecule has 8 nitrogen and oxygen atoms in total. The molecule has 1 aliphatic carbocycles. The van der Waals surface area contributed by atoms with Gasteiger partial charge in [0.25, 0.3) is 10.0 Å². The Hall–Kier alpha value is -3.21. The first-order chi connectivity index (χ1) is 17.3. The average Bonchev–Trinajstić information content (AvgIpc) is 3.60. The largest absolute Gasteiger partial charge is 0.383 e. The zero-order valence-electron chi connectivity index (χ0n) is 19.5. The molecule has 3 N–H and O–H groups in total. The molecule has 1 unspecified atom stereocenters. The molecule has 188 valence electrons. The van der Waals surface area contributed by atoms with Crippen molar-refractivity contribution in [2.45, 2.75) is 35.5 Å². The number of rotatable bonds is 7. The number of amides is 2. The molecule has 1 fully saturated rings. The summed E-state index contributed by atoms with van der Waals surface area (Å²) in [5, 5.41) is 18.1. The van der Waals surface area contributed by atoms with Gasteiger partial charge in [-0.15, -0.1) is 11.3 Å². The van der Waals surface area contributed by atoms with E-state index in [-0.39, 0.29) is 16.7 Å². The molecule has 0 radical (unpaired) electrons. The van der Waals surface area contributed by atoms with Crippen LogP contribution in [-0.2, 0) is 31.6 Å². The van der Waals surface area contributed by atoms with Crippen LogP contribution in [0, 0.1) is 5.92 Å². The van der Waals surface area contributed by atoms with Crippen LogP contribution in [0.4, 0.5) is 11.4 Å². The van der Waals surface area contributed by atoms with Gasteiger partial charge in [0.15, 0.2) is 0 Å². The molecular weight excluding hydrogens is 498 g/mol. The minimum absolute atomic E-state index is 0.0279. The van der Waals surface area contributed by atoms with E-state index in [0.717, 1.165) is 36.2 Å². The first kappa shape index (κ1) is 24.5. The van der Waals surface area contributed by atoms with Crippen LogP contribution in [0.2, 0.25) is 0 Å². The van der Waals surface area contributed by atoms with Crippen molar-refractivity contribution in [2.75, 3.05) is 22.7 Å². The van der Waals surface area contributed by atoms with E-state index in [1.54, 1.807) is 35.7 Å². The molecule has 0 saturated heterocycles. The second-order valence-corrected chi connectivity index (χ2v) is 12.2. The minimum Gasteiger partial charge on any atom is -0.383 e. The molecule has 1 atom stereocenters. The van der Waals surface area contributed by atoms with Crippen LogP contribution in [0.25, 0.3) is 0 Å². The Balaban J connectivity index is 1.29. The summed E-state index contributed by atoms with van der Waals surface area (Å²) in [6, 6.07) is 17.4. The van der Waals surface area contributed by atoms with Crippen LogP contribution >= 0.6 is 11.3 Å². The number of hydrogen-bond acceptors (Lipinski definition) is 6. The second-order valence-electron chi connectivity index (χ2n) is 9.16. The summed E-state index contributed by atoms with van der Waals surface area (Å²) in [5.41, 5.74) is 1.15. The number of aliphatic hydroxyl groups is 1. The molecule has 10 heteroatoms. The van der Waals surface area contributed by atoms with E-state index >= 15 is 0 Å². The Morgan fingerprint density at radius 3 is 2.53 bits per heavy atom. The molecule has 3 aromatic rings. The van der Waals surface area contributed by atoms with Crippen molar-refractivity contribution in [3.05, 3.63) is 77.2 Å². The topological polar surface area (TPSA) is 116 Å². The highest BCUT2D eigenvalue weighted by atomic mass is 32.2. The second kappa shape index (κ2) is 9.68. The smallest absolute Gasteiger partial charge is 0.313 e. The fourth-order valence-electron chi connectivity index (χ4n) is 4.64. The predicted octanol–water partition coefficient (Wildman–Crippen LogP) is 3.24. The van der Waals surface area contributed by atoms with Gasteiger partial charge in [-0.1, -0.05) is 42.5 Å². The highest BCUT2D eigenvalue weighted by Crippen LogP contribution is 2.45. The zero-order chi connectivity index (χ0) is 25.3. The van der Waals surface area contributed by atoms with Crippen molar-refractivity contribution in [2.24, 2.45) is 5.92 Å². The molecule has 0 bridgehead atoms. The van der Waals surface area contributed by atoms with Crippen molar-refractivity contribution in [3.63, 3.8) is 0 Å². The summed E-state index contributed by atoms with van der Waals surface area (Å²) in [7, 11) is -3.72. The van der Waals surface area contributed by atoms with Crippen LogP contribution in [-0.4, -0.2) is 38.4 Å². The van der Waals surface area contributed by atoms with Crippen LogP contribution in [0.5, 0.6) is 0 Å². The van der Waals surface area contributed by atoms with Gasteiger partial charge in [-0.05, 0) is 66.3 Å². The van der Waals surface area contributed by atoms with Gasteiger partial charge < -0.3 is 15.7 Å². The van der Waals surface area contributed by atoms with E-state index in [9.17, 15) is 23.1 Å². The normalized spacial score (nSPS) is 17.1. The van der Waals surface area contributed by atoms with Crippen molar-refractivity contribution >= 4 is 44.5 Å². The lowest BCUT2D eigenvalue weighted by atomic mass is 9.88. The van der Waals surface area contributed by atoms with E-state index in [4.69, 9.17) is 0 Å². The van der Waals surface area contributed by atoms with Gasteiger partial charge in [-0.3, -0.25) is 13.9 Å². The van der Waals surface area contributed by atoms with Crippen molar-refractivity contribution in [3.8, 4) is 0 Å². The third-order valence-corrected chi connectivity index (χ3v) is 9.90. The number of aryl methyl sites for hydroxylation is 1. The molecule has 1 aliphatic heterocycles. The number of fused-ring (bicyclic) bond motifs is 1. The van der Waals surface area contributed by atoms with E-state index in [0.29, 0.717) is 29.9 Å². The predicted molar refractivity (Wildman–Crippen MR) is 138 cm³/mol. The molecular formula is C26H27N3O5S2.